The second kappa shape index (κ2) is 7.32. The molecule has 4 aromatic rings. The molecule has 10 heteroatoms. The number of nitrogens with zero attached hydrogens (tertiary/aromatic N) is 4. The molecular formula is C20H16N4O6. The monoisotopic (exact) mass is 408 g/mol. The van der Waals surface area contributed by atoms with E-state index in [1.165, 1.54) is 37.6 Å². The Kier molecular flexibility index (Phi) is 4.66. The maximum atomic E-state index is 13.1. The molecule has 0 amide bonds. The van der Waals surface area contributed by atoms with Gasteiger partial charge in [-0.1, -0.05) is 0 Å². The van der Waals surface area contributed by atoms with E-state index >= 15 is 0 Å². The molecule has 0 radical (unpaired) electrons. The number of nitro benzene ring substituents is 1. The number of furan rings is 1. The van der Waals surface area contributed by atoms with Gasteiger partial charge in [0.15, 0.2) is 11.4 Å². The van der Waals surface area contributed by atoms with Crippen LogP contribution in [0.3, 0.4) is 0 Å². The van der Waals surface area contributed by atoms with E-state index in [9.17, 15) is 14.9 Å². The topological polar surface area (TPSA) is 123 Å². The number of hydrogen-bond donors (Lipinski definition) is 0. The number of fused-ring (bicyclic) bond motifs is 1. The number of benzene rings is 1. The Morgan fingerprint density at radius 3 is 2.73 bits per heavy atom. The molecule has 10 nitrogen and oxygen atoms in total. The van der Waals surface area contributed by atoms with Crippen LogP contribution in [-0.4, -0.2) is 32.8 Å². The average Bonchev–Trinajstić information content (AvgIpc) is 3.36. The van der Waals surface area contributed by atoms with Crippen molar-refractivity contribution in [3.8, 4) is 23.0 Å². The second-order valence-electron chi connectivity index (χ2n) is 6.42. The smallest absolute Gasteiger partial charge is 0.344 e. The summed E-state index contributed by atoms with van der Waals surface area (Å²) in [5, 5.41) is 16.2. The molecule has 0 aliphatic heterocycles. The lowest BCUT2D eigenvalue weighted by Gasteiger charge is -2.09. The minimum Gasteiger partial charge on any atom is -0.496 e. The molecule has 0 unspecified atom stereocenters. The maximum Gasteiger partial charge on any atom is 0.344 e. The Hall–Kier alpha value is -4.21. The van der Waals surface area contributed by atoms with E-state index in [-0.39, 0.29) is 22.7 Å². The first-order valence-corrected chi connectivity index (χ1v) is 8.82. The van der Waals surface area contributed by atoms with Crippen LogP contribution in [0.5, 0.6) is 11.5 Å². The van der Waals surface area contributed by atoms with Gasteiger partial charge in [0.25, 0.3) is 0 Å². The number of carbonyl (C=O) groups excluding carboxylic acids is 1. The van der Waals surface area contributed by atoms with E-state index in [0.717, 1.165) is 0 Å². The van der Waals surface area contributed by atoms with Gasteiger partial charge in [0, 0.05) is 7.05 Å². The van der Waals surface area contributed by atoms with E-state index in [4.69, 9.17) is 13.9 Å². The summed E-state index contributed by atoms with van der Waals surface area (Å²) in [7, 11) is 3.09. The number of ether oxygens (including phenoxy) is 2. The Labute approximate surface area is 169 Å². The van der Waals surface area contributed by atoms with E-state index < -0.39 is 10.9 Å². The van der Waals surface area contributed by atoms with Crippen LogP contribution in [0.25, 0.3) is 22.5 Å². The number of aromatic nitrogens is 3. The van der Waals surface area contributed by atoms with Crippen LogP contribution in [0, 0.1) is 17.0 Å². The van der Waals surface area contributed by atoms with Crippen molar-refractivity contribution in [1.82, 2.24) is 14.8 Å². The fourth-order valence-corrected chi connectivity index (χ4v) is 3.16. The van der Waals surface area contributed by atoms with E-state index in [1.807, 2.05) is 0 Å². The first-order valence-electron chi connectivity index (χ1n) is 8.82. The fraction of sp³-hybridized carbons (Fsp3) is 0.150. The minimum absolute atomic E-state index is 0.169. The first kappa shape index (κ1) is 19.1. The zero-order valence-corrected chi connectivity index (χ0v) is 16.3. The molecule has 0 aliphatic rings. The number of hydrogen-bond acceptors (Lipinski definition) is 8. The summed E-state index contributed by atoms with van der Waals surface area (Å²) in [6, 6.07) is 8.91. The average molecular weight is 408 g/mol. The molecule has 30 heavy (non-hydrogen) atoms. The van der Waals surface area contributed by atoms with Gasteiger partial charge in [-0.2, -0.15) is 5.10 Å². The Morgan fingerprint density at radius 1 is 1.27 bits per heavy atom. The van der Waals surface area contributed by atoms with Crippen LogP contribution in [0.4, 0.5) is 5.69 Å². The molecule has 0 saturated carbocycles. The van der Waals surface area contributed by atoms with Crippen LogP contribution in [0.1, 0.15) is 16.1 Å². The number of pyridine rings is 1. The molecule has 0 bridgehead atoms. The molecule has 3 aromatic heterocycles. The molecule has 0 saturated heterocycles. The van der Waals surface area contributed by atoms with Crippen molar-refractivity contribution in [3.63, 3.8) is 0 Å². The summed E-state index contributed by atoms with van der Waals surface area (Å²) in [5.74, 6) is -0.243. The van der Waals surface area contributed by atoms with Gasteiger partial charge >= 0.3 is 11.7 Å². The Morgan fingerprint density at radius 2 is 2.07 bits per heavy atom. The highest BCUT2D eigenvalue weighted by molar-refractivity contribution is 6.05. The van der Waals surface area contributed by atoms with Crippen molar-refractivity contribution in [1.29, 1.82) is 0 Å². The van der Waals surface area contributed by atoms with Crippen molar-refractivity contribution >= 4 is 22.7 Å². The van der Waals surface area contributed by atoms with Gasteiger partial charge in [0.05, 0.1) is 41.0 Å². The summed E-state index contributed by atoms with van der Waals surface area (Å²) in [5.41, 5.74) is 1.22. The second-order valence-corrected chi connectivity index (χ2v) is 6.42. The first-order chi connectivity index (χ1) is 14.4. The van der Waals surface area contributed by atoms with Crippen molar-refractivity contribution in [2.75, 3.05) is 7.11 Å². The van der Waals surface area contributed by atoms with Crippen molar-refractivity contribution in [3.05, 3.63) is 64.0 Å². The third-order valence-corrected chi connectivity index (χ3v) is 4.53. The highest BCUT2D eigenvalue weighted by Gasteiger charge is 2.25. The molecule has 4 rings (SSSR count). The van der Waals surface area contributed by atoms with Gasteiger partial charge in [-0.3, -0.25) is 14.8 Å². The van der Waals surface area contributed by atoms with Gasteiger partial charge in [-0.25, -0.2) is 9.78 Å². The van der Waals surface area contributed by atoms with Crippen LogP contribution in [-0.2, 0) is 7.05 Å². The highest BCUT2D eigenvalue weighted by Crippen LogP contribution is 2.33. The van der Waals surface area contributed by atoms with Crippen molar-refractivity contribution in [2.24, 2.45) is 7.05 Å². The van der Waals surface area contributed by atoms with Gasteiger partial charge in [-0.15, -0.1) is 0 Å². The van der Waals surface area contributed by atoms with Gasteiger partial charge in [-0.05, 0) is 37.3 Å². The Balaban J connectivity index is 1.83. The molecule has 0 aliphatic carbocycles. The highest BCUT2D eigenvalue weighted by atomic mass is 16.6. The quantitative estimate of drug-likeness (QED) is 0.212. The molecule has 1 aromatic carbocycles. The van der Waals surface area contributed by atoms with Crippen LogP contribution < -0.4 is 9.47 Å². The molecule has 0 N–H and O–H groups in total. The van der Waals surface area contributed by atoms with Gasteiger partial charge in [0.1, 0.15) is 11.4 Å². The molecule has 152 valence electrons. The lowest BCUT2D eigenvalue weighted by molar-refractivity contribution is -0.385. The van der Waals surface area contributed by atoms with E-state index in [0.29, 0.717) is 28.2 Å². The van der Waals surface area contributed by atoms with E-state index in [1.54, 1.807) is 30.8 Å². The van der Waals surface area contributed by atoms with Gasteiger partial charge in [0.2, 0.25) is 5.75 Å². The lowest BCUT2D eigenvalue weighted by atomic mass is 10.1. The predicted octanol–water partition coefficient (Wildman–Crippen LogP) is 3.67. The number of methoxy groups -OCH3 is 1. The zero-order chi connectivity index (χ0) is 21.4. The van der Waals surface area contributed by atoms with Crippen LogP contribution in [0.15, 0.2) is 47.1 Å². The lowest BCUT2D eigenvalue weighted by Crippen LogP contribution is -2.11. The summed E-state index contributed by atoms with van der Waals surface area (Å²) in [4.78, 5) is 28.4. The Bertz CT molecular complexity index is 1280. The minimum atomic E-state index is -0.778. The summed E-state index contributed by atoms with van der Waals surface area (Å²) >= 11 is 0. The third-order valence-electron chi connectivity index (χ3n) is 4.53. The largest absolute Gasteiger partial charge is 0.496 e. The summed E-state index contributed by atoms with van der Waals surface area (Å²) < 4.78 is 17.4. The van der Waals surface area contributed by atoms with Crippen LogP contribution >= 0.6 is 0 Å². The SMILES string of the molecule is COc1ccc(OC(=O)c2cc(-c3ccco3)nc3c2c(C)nn3C)c([N+](=O)[O-])c1. The number of esters is 1. The van der Waals surface area contributed by atoms with Crippen LogP contribution in [0.2, 0.25) is 0 Å². The normalized spacial score (nSPS) is 10.9. The summed E-state index contributed by atoms with van der Waals surface area (Å²) in [6.07, 6.45) is 1.49. The van der Waals surface area contributed by atoms with E-state index in [2.05, 4.69) is 10.1 Å². The fourth-order valence-electron chi connectivity index (χ4n) is 3.16. The molecule has 3 heterocycles. The number of aryl methyl sites for hydroxylation is 2. The number of carbonyl (C=O) groups is 1. The molecular weight excluding hydrogens is 392 g/mol. The maximum absolute atomic E-state index is 13.1. The number of nitro groups is 1. The molecule has 0 fully saturated rings. The zero-order valence-electron chi connectivity index (χ0n) is 16.3. The van der Waals surface area contributed by atoms with Crippen molar-refractivity contribution in [2.45, 2.75) is 6.92 Å². The standard InChI is InChI=1S/C20H16N4O6/c1-11-18-13(10-14(16-5-4-8-29-16)21-19(18)23(2)22-11)20(25)30-17-7-6-12(28-3)9-15(17)24(26)27/h4-10H,1-3H3. The number of rotatable bonds is 5. The summed E-state index contributed by atoms with van der Waals surface area (Å²) in [6.45, 7) is 1.74. The predicted molar refractivity (Wildman–Crippen MR) is 106 cm³/mol. The third kappa shape index (κ3) is 3.24. The molecule has 0 atom stereocenters. The molecule has 0 spiro atoms. The van der Waals surface area contributed by atoms with Crippen molar-refractivity contribution < 1.29 is 23.6 Å². The van der Waals surface area contributed by atoms with Gasteiger partial charge < -0.3 is 13.9 Å².